The van der Waals surface area contributed by atoms with Crippen LogP contribution in [0.25, 0.3) is 0 Å². The number of fused-ring (bicyclic) bond motifs is 16. The number of phenols is 8. The molecule has 9 rings (SSSR count). The third kappa shape index (κ3) is 17.7. The Kier molecular flexibility index (Phi) is 24.9. The van der Waals surface area contributed by atoms with E-state index in [9.17, 15) is 40.9 Å². The van der Waals surface area contributed by atoms with Gasteiger partial charge in [0.25, 0.3) is 0 Å². The Morgan fingerprint density at radius 2 is 0.260 bits per heavy atom. The fourth-order valence-electron chi connectivity index (χ4n) is 12.7. The SMILES string of the molecule is CCCOc1c2cc(O)cc1Cc1cc(O)cc(c1OCCC)Cc1cc(O)cc(c1OCCC)Cc1cc(O)cc(c1OCCC)Cc1cc(O)cc(c1OCCC)Cc1cc(O)cc(c1OCCC)Cc1cc(O)cc(c1OCCC)Cc1cc(O)cc(c1OCCC)C2. The Morgan fingerprint density at radius 3 is 0.333 bits per heavy atom. The second kappa shape index (κ2) is 33.8. The van der Waals surface area contributed by atoms with Gasteiger partial charge in [-0.2, -0.15) is 0 Å². The number of ether oxygens (including phenoxy) is 8. The fourth-order valence-corrected chi connectivity index (χ4v) is 12.7. The first-order chi connectivity index (χ1) is 46.5. The van der Waals surface area contributed by atoms with Gasteiger partial charge in [-0.05, 0) is 148 Å². The second-order valence-corrected chi connectivity index (χ2v) is 24.9. The molecule has 8 N–H and O–H groups in total. The van der Waals surface area contributed by atoms with Crippen molar-refractivity contribution in [1.82, 2.24) is 0 Å². The third-order valence-electron chi connectivity index (χ3n) is 16.5. The number of benzene rings is 8. The molecule has 0 unspecified atom stereocenters. The van der Waals surface area contributed by atoms with E-state index in [0.29, 0.717) is 239 Å². The van der Waals surface area contributed by atoms with Crippen molar-refractivity contribution >= 4 is 0 Å². The van der Waals surface area contributed by atoms with E-state index in [1.165, 1.54) is 0 Å². The van der Waals surface area contributed by atoms with E-state index < -0.39 is 0 Å². The lowest BCUT2D eigenvalue weighted by molar-refractivity contribution is 0.303. The normalized spacial score (nSPS) is 12.4. The van der Waals surface area contributed by atoms with Crippen LogP contribution in [0, 0.1) is 0 Å². The smallest absolute Gasteiger partial charge is 0.126 e. The summed E-state index contributed by atoms with van der Waals surface area (Å²) in [6.07, 6.45) is 6.46. The number of phenolic OH excluding ortho intramolecular Hbond substituents is 8. The Bertz CT molecular complexity index is 3020. The molecule has 0 aliphatic heterocycles. The molecule has 0 amide bonds. The molecule has 0 radical (unpaired) electrons. The van der Waals surface area contributed by atoms with Gasteiger partial charge >= 0.3 is 0 Å². The third-order valence-corrected chi connectivity index (χ3v) is 16.5. The van der Waals surface area contributed by atoms with E-state index in [4.69, 9.17) is 37.9 Å². The van der Waals surface area contributed by atoms with Gasteiger partial charge in [-0.15, -0.1) is 0 Å². The van der Waals surface area contributed by atoms with Gasteiger partial charge in [0.2, 0.25) is 0 Å². The molecule has 8 aromatic rings. The highest BCUT2D eigenvalue weighted by atomic mass is 16.5. The maximum atomic E-state index is 11.8. The van der Waals surface area contributed by atoms with Crippen LogP contribution in [0.15, 0.2) is 97.1 Å². The van der Waals surface area contributed by atoms with Gasteiger partial charge in [0, 0.05) is 140 Å². The number of hydrogen-bond acceptors (Lipinski definition) is 16. The summed E-state index contributed by atoms with van der Waals surface area (Å²) in [6, 6.07) is 26.6. The Balaban J connectivity index is 1.32. The zero-order valence-electron chi connectivity index (χ0n) is 57.1. The Labute approximate surface area is 565 Å². The molecule has 0 heterocycles. The summed E-state index contributed by atoms with van der Waals surface area (Å²) in [5.74, 6) is 3.76. The topological polar surface area (TPSA) is 236 Å². The Morgan fingerprint density at radius 1 is 0.177 bits per heavy atom. The molecule has 16 heteroatoms. The van der Waals surface area contributed by atoms with E-state index in [-0.39, 0.29) is 97.4 Å². The van der Waals surface area contributed by atoms with Gasteiger partial charge in [0.05, 0.1) is 52.9 Å². The molecule has 8 aromatic carbocycles. The number of hydrogen-bond donors (Lipinski definition) is 8. The summed E-state index contributed by atoms with van der Waals surface area (Å²) in [4.78, 5) is 0. The van der Waals surface area contributed by atoms with E-state index in [1.807, 2.05) is 55.4 Å². The van der Waals surface area contributed by atoms with Crippen molar-refractivity contribution < 1.29 is 78.7 Å². The van der Waals surface area contributed by atoms with Gasteiger partial charge in [0.15, 0.2) is 0 Å². The number of rotatable bonds is 24. The molecule has 512 valence electrons. The van der Waals surface area contributed by atoms with Crippen molar-refractivity contribution in [3.8, 4) is 92.0 Å². The molecule has 0 saturated carbocycles. The maximum absolute atomic E-state index is 11.8. The van der Waals surface area contributed by atoms with E-state index in [2.05, 4.69) is 0 Å². The minimum Gasteiger partial charge on any atom is -0.508 e. The van der Waals surface area contributed by atoms with E-state index >= 15 is 0 Å². The molecular weight excluding hydrogens is 1220 g/mol. The summed E-state index contributed by atoms with van der Waals surface area (Å²) in [7, 11) is 0. The first kappa shape index (κ1) is 70.9. The summed E-state index contributed by atoms with van der Waals surface area (Å²) in [5.41, 5.74) is 9.75. The van der Waals surface area contributed by atoms with Gasteiger partial charge in [-0.25, -0.2) is 0 Å². The maximum Gasteiger partial charge on any atom is 0.126 e. The minimum atomic E-state index is -0.0352. The molecule has 0 atom stereocenters. The lowest BCUT2D eigenvalue weighted by Gasteiger charge is -2.23. The van der Waals surface area contributed by atoms with Crippen LogP contribution in [0.2, 0.25) is 0 Å². The van der Waals surface area contributed by atoms with Gasteiger partial charge in [0.1, 0.15) is 92.0 Å². The highest BCUT2D eigenvalue weighted by molar-refractivity contribution is 5.63. The fraction of sp³-hybridized carbons (Fsp3) is 0.400. The largest absolute Gasteiger partial charge is 0.508 e. The minimum absolute atomic E-state index is 0.0352. The van der Waals surface area contributed by atoms with Crippen molar-refractivity contribution in [1.29, 1.82) is 0 Å². The van der Waals surface area contributed by atoms with Crippen molar-refractivity contribution in [2.45, 2.75) is 158 Å². The van der Waals surface area contributed by atoms with Gasteiger partial charge in [-0.1, -0.05) is 55.4 Å². The van der Waals surface area contributed by atoms with Crippen LogP contribution in [-0.2, 0) is 51.4 Å². The molecule has 1 aliphatic carbocycles. The predicted octanol–water partition coefficient (Wildman–Crippen LogP) is 16.7. The van der Waals surface area contributed by atoms with Crippen LogP contribution < -0.4 is 37.9 Å². The van der Waals surface area contributed by atoms with Crippen LogP contribution in [-0.4, -0.2) is 93.7 Å². The van der Waals surface area contributed by atoms with Crippen LogP contribution in [0.5, 0.6) is 92.0 Å². The zero-order chi connectivity index (χ0) is 68.4. The molecule has 0 aromatic heterocycles. The molecule has 0 spiro atoms. The van der Waals surface area contributed by atoms with Gasteiger partial charge < -0.3 is 78.7 Å². The van der Waals surface area contributed by atoms with Crippen molar-refractivity contribution in [3.05, 3.63) is 186 Å². The monoisotopic (exact) mass is 1310 g/mol. The molecule has 96 heavy (non-hydrogen) atoms. The average molecular weight is 1310 g/mol. The molecule has 0 saturated heterocycles. The first-order valence-electron chi connectivity index (χ1n) is 34.3. The van der Waals surface area contributed by atoms with Crippen molar-refractivity contribution in [2.24, 2.45) is 0 Å². The standard InChI is InChI=1S/C80H96O16/c1-9-17-89-73-49-25-51-35-66(82)37-53(74(51)90-18-10-2)27-55-39-68(84)41-57(76(55)92-20-12-4)29-59-43-70(86)45-61(78(59)94-22-14-6)31-63-47-72(88)48-64(80(63)96-24-16-8)32-62-46-71(87)44-60(79(62)95-23-15-7)30-58-42-69(85)40-56(77(58)93-21-13-5)28-54-38-67(83)36-52(75(54)91-19-11-3)26-50(73)34-65(81)33-49/h33-48,81-88H,9-32H2,1-8H3. The lowest BCUT2D eigenvalue weighted by Crippen LogP contribution is -2.10. The molecule has 16 nitrogen and oxygen atoms in total. The summed E-state index contributed by atoms with van der Waals surface area (Å²) in [6.45, 7) is 18.8. The molecule has 0 fully saturated rings. The van der Waals surface area contributed by atoms with E-state index in [0.717, 1.165) is 0 Å². The van der Waals surface area contributed by atoms with Crippen molar-refractivity contribution in [2.75, 3.05) is 52.9 Å². The molecule has 16 bridgehead atoms. The van der Waals surface area contributed by atoms with E-state index in [1.54, 1.807) is 97.1 Å². The molecule has 1 aliphatic rings. The summed E-state index contributed by atoms with van der Waals surface area (Å²) in [5, 5.41) is 94.4. The average Bonchev–Trinajstić information content (AvgIpc) is 0.819. The second-order valence-electron chi connectivity index (χ2n) is 24.9. The molecular formula is C80H96O16. The summed E-state index contributed by atoms with van der Waals surface area (Å²) >= 11 is 0. The van der Waals surface area contributed by atoms with Crippen LogP contribution in [0.4, 0.5) is 0 Å². The highest BCUT2D eigenvalue weighted by Crippen LogP contribution is 2.46. The lowest BCUT2D eigenvalue weighted by atomic mass is 9.90. The predicted molar refractivity (Wildman–Crippen MR) is 374 cm³/mol. The zero-order valence-corrected chi connectivity index (χ0v) is 57.1. The quantitative estimate of drug-likeness (QED) is 0.0281. The van der Waals surface area contributed by atoms with Crippen LogP contribution in [0.3, 0.4) is 0 Å². The van der Waals surface area contributed by atoms with Crippen molar-refractivity contribution in [3.63, 3.8) is 0 Å². The van der Waals surface area contributed by atoms with Crippen LogP contribution >= 0.6 is 0 Å². The Hall–Kier alpha value is -9.44. The van der Waals surface area contributed by atoms with Gasteiger partial charge in [-0.3, -0.25) is 0 Å². The van der Waals surface area contributed by atoms with Crippen LogP contribution in [0.1, 0.15) is 196 Å². The first-order valence-corrected chi connectivity index (χ1v) is 34.3. The summed E-state index contributed by atoms with van der Waals surface area (Å²) < 4.78 is 53.6. The highest BCUT2D eigenvalue weighted by Gasteiger charge is 2.28. The number of aromatic hydroxyl groups is 8.